The third kappa shape index (κ3) is 5.73. The van der Waals surface area contributed by atoms with Crippen molar-refractivity contribution in [3.05, 3.63) is 29.8 Å². The van der Waals surface area contributed by atoms with Crippen LogP contribution in [0, 0.1) is 0 Å². The van der Waals surface area contributed by atoms with Crippen LogP contribution in [0.1, 0.15) is 5.56 Å². The topological polar surface area (TPSA) is 86.0 Å². The lowest BCUT2D eigenvalue weighted by Gasteiger charge is -2.09. The molecule has 0 heterocycles. The van der Waals surface area contributed by atoms with Crippen LogP contribution in [0.4, 0.5) is 13.2 Å². The first-order valence-electron chi connectivity index (χ1n) is 4.78. The second-order valence-corrected chi connectivity index (χ2v) is 3.25. The quantitative estimate of drug-likeness (QED) is 0.485. The Morgan fingerprint density at radius 3 is 2.67 bits per heavy atom. The first-order valence-corrected chi connectivity index (χ1v) is 4.78. The van der Waals surface area contributed by atoms with Crippen molar-refractivity contribution in [3.63, 3.8) is 0 Å². The van der Waals surface area contributed by atoms with Crippen molar-refractivity contribution in [2.24, 2.45) is 21.7 Å². The summed E-state index contributed by atoms with van der Waals surface area (Å²) in [7, 11) is 0. The third-order valence-corrected chi connectivity index (χ3v) is 1.64. The van der Waals surface area contributed by atoms with Crippen molar-refractivity contribution >= 4 is 12.2 Å². The highest BCUT2D eigenvalue weighted by molar-refractivity contribution is 5.81. The summed E-state index contributed by atoms with van der Waals surface area (Å²) in [4.78, 5) is 0. The van der Waals surface area contributed by atoms with Crippen molar-refractivity contribution in [2.45, 2.75) is 6.18 Å². The number of nitrogens with two attached hydrogens (primary N) is 2. The molecule has 18 heavy (non-hydrogen) atoms. The van der Waals surface area contributed by atoms with Gasteiger partial charge < -0.3 is 16.2 Å². The van der Waals surface area contributed by atoms with Gasteiger partial charge in [0.1, 0.15) is 5.75 Å². The van der Waals surface area contributed by atoms with E-state index in [-0.39, 0.29) is 11.7 Å². The van der Waals surface area contributed by atoms with E-state index >= 15 is 0 Å². The number of ether oxygens (including phenoxy) is 1. The normalized spacial score (nSPS) is 11.5. The lowest BCUT2D eigenvalue weighted by molar-refractivity contribution is -0.153. The van der Waals surface area contributed by atoms with Crippen LogP contribution in [0.3, 0.4) is 0 Å². The molecule has 0 bridgehead atoms. The van der Waals surface area contributed by atoms with Crippen molar-refractivity contribution in [1.82, 2.24) is 0 Å². The molecule has 1 aromatic carbocycles. The van der Waals surface area contributed by atoms with Crippen LogP contribution in [-0.4, -0.2) is 25.0 Å². The van der Waals surface area contributed by atoms with Crippen molar-refractivity contribution < 1.29 is 17.9 Å². The van der Waals surface area contributed by atoms with Crippen LogP contribution in [0.25, 0.3) is 0 Å². The van der Waals surface area contributed by atoms with Crippen LogP contribution in [-0.2, 0) is 0 Å². The van der Waals surface area contributed by atoms with Gasteiger partial charge in [-0.25, -0.2) is 0 Å². The summed E-state index contributed by atoms with van der Waals surface area (Å²) >= 11 is 0. The van der Waals surface area contributed by atoms with Gasteiger partial charge in [-0.2, -0.15) is 18.3 Å². The van der Waals surface area contributed by atoms with E-state index in [0.717, 1.165) is 0 Å². The van der Waals surface area contributed by atoms with E-state index in [1.165, 1.54) is 24.4 Å². The number of nitrogens with zero attached hydrogens (tertiary/aromatic N) is 2. The molecule has 1 aromatic rings. The van der Waals surface area contributed by atoms with E-state index in [1.54, 1.807) is 6.07 Å². The number of rotatable bonds is 4. The Labute approximate surface area is 101 Å². The maximum absolute atomic E-state index is 11.9. The van der Waals surface area contributed by atoms with Gasteiger partial charge in [0.15, 0.2) is 6.61 Å². The Kier molecular flexibility index (Phi) is 4.52. The molecule has 0 saturated heterocycles. The van der Waals surface area contributed by atoms with Gasteiger partial charge in [0.2, 0.25) is 5.96 Å². The highest BCUT2D eigenvalue weighted by Gasteiger charge is 2.28. The monoisotopic (exact) mass is 260 g/mol. The van der Waals surface area contributed by atoms with E-state index in [1.807, 2.05) is 0 Å². The number of hydrogen-bond donors (Lipinski definition) is 2. The van der Waals surface area contributed by atoms with Gasteiger partial charge in [-0.1, -0.05) is 12.1 Å². The minimum atomic E-state index is -4.37. The van der Waals surface area contributed by atoms with E-state index in [2.05, 4.69) is 14.9 Å². The molecule has 0 unspecified atom stereocenters. The zero-order valence-corrected chi connectivity index (χ0v) is 9.19. The Morgan fingerprint density at radius 1 is 1.33 bits per heavy atom. The third-order valence-electron chi connectivity index (χ3n) is 1.64. The summed E-state index contributed by atoms with van der Waals surface area (Å²) in [5.74, 6) is -0.128. The number of hydrogen-bond acceptors (Lipinski definition) is 3. The largest absolute Gasteiger partial charge is 0.484 e. The summed E-state index contributed by atoms with van der Waals surface area (Å²) in [6.45, 7) is -1.35. The minimum Gasteiger partial charge on any atom is -0.484 e. The second kappa shape index (κ2) is 5.89. The van der Waals surface area contributed by atoms with Crippen molar-refractivity contribution in [3.8, 4) is 5.75 Å². The molecule has 0 aromatic heterocycles. The maximum Gasteiger partial charge on any atom is 0.422 e. The molecule has 98 valence electrons. The highest BCUT2D eigenvalue weighted by atomic mass is 19.4. The van der Waals surface area contributed by atoms with Crippen LogP contribution in [0.15, 0.2) is 34.5 Å². The number of halogens is 3. The van der Waals surface area contributed by atoms with E-state index in [0.29, 0.717) is 5.56 Å². The molecule has 5 nitrogen and oxygen atoms in total. The lowest BCUT2D eigenvalue weighted by Crippen LogP contribution is -2.21. The molecule has 4 N–H and O–H groups in total. The summed E-state index contributed by atoms with van der Waals surface area (Å²) in [5.41, 5.74) is 10.6. The average molecular weight is 260 g/mol. The van der Waals surface area contributed by atoms with Crippen molar-refractivity contribution in [2.75, 3.05) is 6.61 Å². The fourth-order valence-corrected chi connectivity index (χ4v) is 1.01. The van der Waals surface area contributed by atoms with Crippen LogP contribution in [0.5, 0.6) is 5.75 Å². The Morgan fingerprint density at radius 2 is 2.06 bits per heavy atom. The summed E-state index contributed by atoms with van der Waals surface area (Å²) < 4.78 is 40.4. The number of guanidine groups is 1. The zero-order chi connectivity index (χ0) is 13.6. The molecule has 0 fully saturated rings. The molecule has 0 spiro atoms. The molecular weight excluding hydrogens is 249 g/mol. The number of alkyl halides is 3. The van der Waals surface area contributed by atoms with Crippen molar-refractivity contribution in [1.29, 1.82) is 0 Å². The first-order chi connectivity index (χ1) is 8.37. The lowest BCUT2D eigenvalue weighted by atomic mass is 10.2. The molecule has 0 saturated carbocycles. The van der Waals surface area contributed by atoms with Crippen LogP contribution < -0.4 is 16.2 Å². The van der Waals surface area contributed by atoms with Gasteiger partial charge in [-0.05, 0) is 17.7 Å². The summed E-state index contributed by atoms with van der Waals surface area (Å²) in [5, 5.41) is 6.88. The smallest absolute Gasteiger partial charge is 0.422 e. The molecule has 0 aliphatic rings. The average Bonchev–Trinajstić information content (AvgIpc) is 2.26. The van der Waals surface area contributed by atoms with Crippen LogP contribution >= 0.6 is 0 Å². The Hall–Kier alpha value is -2.25. The minimum absolute atomic E-state index is 0.0842. The van der Waals surface area contributed by atoms with Gasteiger partial charge in [0.25, 0.3) is 0 Å². The molecule has 8 heteroatoms. The fraction of sp³-hybridized carbons (Fsp3) is 0.200. The predicted octanol–water partition coefficient (Wildman–Crippen LogP) is 1.23. The number of benzene rings is 1. The maximum atomic E-state index is 11.9. The van der Waals surface area contributed by atoms with Gasteiger partial charge in [-0.3, -0.25) is 0 Å². The van der Waals surface area contributed by atoms with E-state index < -0.39 is 12.8 Å². The fourth-order valence-electron chi connectivity index (χ4n) is 1.01. The molecular formula is C10H11F3N4O. The Balaban J connectivity index is 2.68. The Bertz CT molecular complexity index is 453. The van der Waals surface area contributed by atoms with E-state index in [9.17, 15) is 13.2 Å². The molecule has 0 aliphatic carbocycles. The first kappa shape index (κ1) is 13.8. The SMILES string of the molecule is NC(N)=NN=Cc1cccc(OCC(F)(F)F)c1. The molecule has 1 rings (SSSR count). The predicted molar refractivity (Wildman–Crippen MR) is 61.4 cm³/mol. The van der Waals surface area contributed by atoms with Gasteiger partial charge in [0.05, 0.1) is 6.21 Å². The van der Waals surface area contributed by atoms with E-state index in [4.69, 9.17) is 11.5 Å². The molecule has 0 amide bonds. The van der Waals surface area contributed by atoms with Gasteiger partial charge >= 0.3 is 6.18 Å². The molecule has 0 radical (unpaired) electrons. The molecule has 0 aliphatic heterocycles. The molecule has 0 atom stereocenters. The van der Waals surface area contributed by atoms with Gasteiger partial charge in [0, 0.05) is 0 Å². The zero-order valence-electron chi connectivity index (χ0n) is 9.19. The summed E-state index contributed by atoms with van der Waals surface area (Å²) in [6.07, 6.45) is -3.08. The van der Waals surface area contributed by atoms with Crippen LogP contribution in [0.2, 0.25) is 0 Å². The summed E-state index contributed by atoms with van der Waals surface area (Å²) in [6, 6.07) is 5.94. The van der Waals surface area contributed by atoms with Gasteiger partial charge in [-0.15, -0.1) is 5.10 Å². The standard InChI is InChI=1S/C10H11F3N4O/c11-10(12,13)6-18-8-3-1-2-7(4-8)5-16-17-9(14)15/h1-5H,6H2,(H4,14,15,17). The highest BCUT2D eigenvalue weighted by Crippen LogP contribution is 2.18. The second-order valence-electron chi connectivity index (χ2n) is 3.25.